The van der Waals surface area contributed by atoms with Crippen molar-refractivity contribution >= 4 is 45.1 Å². The van der Waals surface area contributed by atoms with E-state index in [1.807, 2.05) is 46.8 Å². The van der Waals surface area contributed by atoms with Gasteiger partial charge in [0.15, 0.2) is 0 Å². The second-order valence-electron chi connectivity index (χ2n) is 14.2. The highest BCUT2D eigenvalue weighted by Crippen LogP contribution is 2.28. The van der Waals surface area contributed by atoms with Crippen LogP contribution in [0.3, 0.4) is 0 Å². The fraction of sp³-hybridized carbons (Fsp3) is 0.537. The van der Waals surface area contributed by atoms with Crippen LogP contribution in [0.1, 0.15) is 93.9 Å². The first kappa shape index (κ1) is 52.8. The number of carbonyl (C=O) groups is 4. The van der Waals surface area contributed by atoms with Crippen LogP contribution in [0, 0.1) is 31.1 Å². The van der Waals surface area contributed by atoms with E-state index in [1.165, 1.54) is 0 Å². The molecule has 0 radical (unpaired) electrons. The number of hydrogen-bond acceptors (Lipinski definition) is 9. The number of fused-ring (bicyclic) bond motifs is 1. The van der Waals surface area contributed by atoms with Crippen LogP contribution in [0.2, 0.25) is 0 Å². The van der Waals surface area contributed by atoms with E-state index in [1.54, 1.807) is 55.8 Å². The third kappa shape index (κ3) is 18.8. The molecule has 56 heavy (non-hydrogen) atoms. The Hall–Kier alpha value is -5.28. The van der Waals surface area contributed by atoms with Crippen LogP contribution >= 0.6 is 0 Å². The van der Waals surface area contributed by atoms with Crippen LogP contribution < -0.4 is 25.7 Å². The second-order valence-corrected chi connectivity index (χ2v) is 16.2. The number of H-pyrrole nitrogens is 1. The molecule has 3 aliphatic rings. The molecular formula is C41H63N5O9S. The van der Waals surface area contributed by atoms with E-state index in [-0.39, 0.29) is 35.1 Å². The lowest BCUT2D eigenvalue weighted by atomic mass is 9.85. The molecule has 2 aromatic rings. The van der Waals surface area contributed by atoms with Gasteiger partial charge < -0.3 is 30.0 Å². The number of terminal acetylenes is 2. The molecule has 15 heteroatoms. The number of nitrogens with zero attached hydrogens (tertiary/aromatic N) is 1. The minimum atomic E-state index is -3.26. The number of alkyl carbamates (subject to hydrolysis) is 1. The summed E-state index contributed by atoms with van der Waals surface area (Å²) in [7, 11) is -1.65. The third-order valence-corrected chi connectivity index (χ3v) is 9.47. The smallest absolute Gasteiger partial charge is 0.408 e. The Morgan fingerprint density at radius 1 is 0.964 bits per heavy atom. The Balaban J connectivity index is 0. The van der Waals surface area contributed by atoms with E-state index >= 15 is 0 Å². The molecule has 2 heterocycles. The number of sulfonamides is 1. The van der Waals surface area contributed by atoms with Crippen molar-refractivity contribution in [1.29, 1.82) is 0 Å². The van der Waals surface area contributed by atoms with Crippen LogP contribution in [-0.4, -0.2) is 85.3 Å². The summed E-state index contributed by atoms with van der Waals surface area (Å²) in [6.07, 6.45) is 22.0. The Kier molecular flexibility index (Phi) is 24.3. The zero-order chi connectivity index (χ0) is 43.9. The van der Waals surface area contributed by atoms with Gasteiger partial charge in [-0.2, -0.15) is 0 Å². The normalized spacial score (nSPS) is 15.9. The van der Waals surface area contributed by atoms with E-state index < -0.39 is 39.2 Å². The van der Waals surface area contributed by atoms with Crippen molar-refractivity contribution in [3.8, 4) is 31.4 Å². The van der Waals surface area contributed by atoms with E-state index in [2.05, 4.69) is 54.5 Å². The molecule has 3 fully saturated rings. The van der Waals surface area contributed by atoms with Crippen LogP contribution in [0.25, 0.3) is 10.8 Å². The number of benzene rings is 1. The Labute approximate surface area is 334 Å². The fourth-order valence-corrected chi connectivity index (χ4v) is 5.99. The first-order valence-corrected chi connectivity index (χ1v) is 19.8. The topological polar surface area (TPSA) is 193 Å². The number of hydrogen-bond donors (Lipinski definition) is 4. The Morgan fingerprint density at radius 3 is 2.00 bits per heavy atom. The fourth-order valence-electron chi connectivity index (χ4n) is 4.91. The number of nitrogens with one attached hydrogen (secondary N) is 4. The van der Waals surface area contributed by atoms with Gasteiger partial charge in [-0.25, -0.2) is 13.2 Å². The Morgan fingerprint density at radius 2 is 1.54 bits per heavy atom. The predicted molar refractivity (Wildman–Crippen MR) is 223 cm³/mol. The first-order chi connectivity index (χ1) is 26.4. The number of aromatic amines is 1. The van der Waals surface area contributed by atoms with Crippen LogP contribution in [0.5, 0.6) is 5.75 Å². The van der Waals surface area contributed by atoms with Gasteiger partial charge in [0.05, 0.1) is 12.4 Å². The predicted octanol–water partition coefficient (Wildman–Crippen LogP) is 5.28. The van der Waals surface area contributed by atoms with Gasteiger partial charge in [0.2, 0.25) is 28.2 Å². The minimum Gasteiger partial charge on any atom is -0.497 e. The molecule has 2 saturated carbocycles. The van der Waals surface area contributed by atoms with E-state index in [9.17, 15) is 32.4 Å². The largest absolute Gasteiger partial charge is 0.497 e. The quantitative estimate of drug-likeness (QED) is 0.156. The highest BCUT2D eigenvalue weighted by Gasteiger charge is 2.43. The van der Waals surface area contributed by atoms with Crippen molar-refractivity contribution < 1.29 is 37.1 Å². The lowest BCUT2D eigenvalue weighted by Gasteiger charge is -2.35. The first-order valence-electron chi connectivity index (χ1n) is 18.2. The second kappa shape index (κ2) is 25.7. The van der Waals surface area contributed by atoms with Crippen molar-refractivity contribution in [3.63, 3.8) is 0 Å². The average molecular weight is 802 g/mol. The number of pyridine rings is 1. The molecule has 0 bridgehead atoms. The van der Waals surface area contributed by atoms with Crippen molar-refractivity contribution in [3.05, 3.63) is 54.0 Å². The van der Waals surface area contributed by atoms with E-state index in [0.29, 0.717) is 31.2 Å². The molecule has 1 unspecified atom stereocenters. The molecular weight excluding hydrogens is 739 g/mol. The molecule has 312 valence electrons. The molecule has 1 saturated heterocycles. The highest BCUT2D eigenvalue weighted by molar-refractivity contribution is 7.90. The molecule has 14 nitrogen and oxygen atoms in total. The molecule has 2 atom stereocenters. The standard InChI is InChI=1S/C19H33N3O4.C10H9NO2.C4H7NO3S.C2H6.C2H4.2C2H2/c1-18(2,3)14(21-17(25)26-19(4,5)6)16(24)22-11-7-8-13(22)15(23)20-12-9-10-12;1-13-8-2-3-9-7(6-8)4-5-11-10(9)12;6-3-5-9(7,8)4-1-2-4;4*1-2/h12-14H,7-11H2,1-6H3,(H,20,23)(H,21,25);2-6H,1H3,(H,11,12);3-4H,1-2H2,(H,5,6);1-2H3;1-2H2;2*1-2H/t13-,14?;;;;;;/m0....../s1. The third-order valence-electron chi connectivity index (χ3n) is 7.69. The minimum absolute atomic E-state index is 0.0693. The number of aromatic nitrogens is 1. The lowest BCUT2D eigenvalue weighted by molar-refractivity contribution is -0.142. The van der Waals surface area contributed by atoms with Gasteiger partial charge in [-0.1, -0.05) is 34.6 Å². The molecule has 1 aromatic heterocycles. The summed E-state index contributed by atoms with van der Waals surface area (Å²) >= 11 is 0. The van der Waals surface area contributed by atoms with Crippen molar-refractivity contribution in [2.24, 2.45) is 5.41 Å². The number of carbonyl (C=O) groups excluding carboxylic acids is 4. The van der Waals surface area contributed by atoms with Gasteiger partial charge in [0.25, 0.3) is 5.56 Å². The van der Waals surface area contributed by atoms with E-state index in [4.69, 9.17) is 9.47 Å². The zero-order valence-electron chi connectivity index (χ0n) is 34.5. The summed E-state index contributed by atoms with van der Waals surface area (Å²) in [5.74, 6) is 0.457. The van der Waals surface area contributed by atoms with Gasteiger partial charge in [0, 0.05) is 24.2 Å². The maximum Gasteiger partial charge on any atom is 0.408 e. The lowest BCUT2D eigenvalue weighted by Crippen LogP contribution is -2.58. The van der Waals surface area contributed by atoms with E-state index in [0.717, 1.165) is 30.4 Å². The van der Waals surface area contributed by atoms with Crippen LogP contribution in [-0.2, 0) is 29.1 Å². The molecule has 5 rings (SSSR count). The summed E-state index contributed by atoms with van der Waals surface area (Å²) in [6, 6.07) is 6.27. The highest BCUT2D eigenvalue weighted by atomic mass is 32.2. The van der Waals surface area contributed by atoms with Gasteiger partial charge >= 0.3 is 6.09 Å². The van der Waals surface area contributed by atoms with Crippen molar-refractivity contribution in [2.45, 2.75) is 123 Å². The molecule has 4 amide bonds. The number of methoxy groups -OCH3 is 1. The Bertz CT molecular complexity index is 1730. The maximum absolute atomic E-state index is 13.2. The number of rotatable bonds is 8. The summed E-state index contributed by atoms with van der Waals surface area (Å²) in [6.45, 7) is 21.5. The van der Waals surface area contributed by atoms with Gasteiger partial charge in [-0.05, 0) is 94.4 Å². The SMILES string of the molecule is C#C.C#C.C=C.CC.CC(C)(C)OC(=O)NC(C(=O)N1CCC[C@H]1C(=O)NC1CC1)C(C)(C)C.COc1ccc2c(=O)[nH]ccc2c1.O=CNS(=O)(=O)C1CC1. The van der Waals surface area contributed by atoms with Gasteiger partial charge in [0.1, 0.15) is 23.4 Å². The van der Waals surface area contributed by atoms with Crippen LogP contribution in [0.4, 0.5) is 4.79 Å². The summed E-state index contributed by atoms with van der Waals surface area (Å²) in [4.78, 5) is 63.1. The summed E-state index contributed by atoms with van der Waals surface area (Å²) in [5.41, 5.74) is -1.22. The number of ether oxygens (including phenoxy) is 2. The molecule has 1 aliphatic heterocycles. The van der Waals surface area contributed by atoms with Crippen molar-refractivity contribution in [2.75, 3.05) is 13.7 Å². The summed E-state index contributed by atoms with van der Waals surface area (Å²) < 4.78 is 33.4. The van der Waals surface area contributed by atoms with Crippen LogP contribution in [0.15, 0.2) is 48.4 Å². The van der Waals surface area contributed by atoms with Gasteiger partial charge in [-0.15, -0.1) is 38.9 Å². The molecule has 0 spiro atoms. The van der Waals surface area contributed by atoms with Crippen molar-refractivity contribution in [1.82, 2.24) is 25.2 Å². The molecule has 2 aliphatic carbocycles. The number of amides is 4. The van der Waals surface area contributed by atoms with Gasteiger partial charge in [-0.3, -0.25) is 23.9 Å². The number of likely N-dealkylation sites (tertiary alicyclic amines) is 1. The molecule has 4 N–H and O–H groups in total. The average Bonchev–Trinajstić information content (AvgIpc) is 4.11. The molecule has 1 aromatic carbocycles. The maximum atomic E-state index is 13.2. The zero-order valence-corrected chi connectivity index (χ0v) is 35.3. The monoisotopic (exact) mass is 801 g/mol. The summed E-state index contributed by atoms with van der Waals surface area (Å²) in [5, 5.41) is 6.98.